The molecule has 1 aliphatic carbocycles. The first-order valence-electron chi connectivity index (χ1n) is 11.8. The molecule has 2 aliphatic rings. The van der Waals surface area contributed by atoms with Gasteiger partial charge in [0.1, 0.15) is 21.0 Å². The highest BCUT2D eigenvalue weighted by Crippen LogP contribution is 2.41. The number of rotatable bonds is 6. The molecule has 3 aromatic rings. The molecule has 1 saturated heterocycles. The van der Waals surface area contributed by atoms with Gasteiger partial charge in [-0.25, -0.2) is 15.0 Å². The summed E-state index contributed by atoms with van der Waals surface area (Å²) in [7, 11) is 3.58. The van der Waals surface area contributed by atoms with Crippen molar-refractivity contribution >= 4 is 39.1 Å². The van der Waals surface area contributed by atoms with Crippen LogP contribution < -0.4 is 21.3 Å². The number of alkyl halides is 2. The lowest BCUT2D eigenvalue weighted by Crippen LogP contribution is -2.49. The number of halogens is 2. The van der Waals surface area contributed by atoms with E-state index in [4.69, 9.17) is 10.5 Å². The lowest BCUT2D eigenvalue weighted by molar-refractivity contribution is -0.0509. The Morgan fingerprint density at radius 1 is 1.33 bits per heavy atom. The van der Waals surface area contributed by atoms with Gasteiger partial charge in [0.15, 0.2) is 0 Å². The van der Waals surface area contributed by atoms with Gasteiger partial charge in [-0.3, -0.25) is 4.79 Å². The van der Waals surface area contributed by atoms with Crippen molar-refractivity contribution in [1.82, 2.24) is 25.6 Å². The molecule has 9 nitrogen and oxygen atoms in total. The number of carbonyl (C=O) groups excluding carboxylic acids is 1. The van der Waals surface area contributed by atoms with E-state index in [2.05, 4.69) is 30.5 Å². The van der Waals surface area contributed by atoms with E-state index >= 15 is 8.78 Å². The van der Waals surface area contributed by atoms with Crippen LogP contribution in [0.4, 0.5) is 20.3 Å². The van der Waals surface area contributed by atoms with Crippen LogP contribution >= 0.6 is 11.3 Å². The minimum atomic E-state index is -3.27. The third-order valence-corrected chi connectivity index (χ3v) is 8.10. The van der Waals surface area contributed by atoms with Gasteiger partial charge in [-0.1, -0.05) is 0 Å². The molecule has 0 saturated carbocycles. The van der Waals surface area contributed by atoms with Crippen molar-refractivity contribution in [2.75, 3.05) is 44.5 Å². The fraction of sp³-hybridized carbons (Fsp3) is 0.500. The van der Waals surface area contributed by atoms with Crippen LogP contribution in [-0.2, 0) is 17.1 Å². The summed E-state index contributed by atoms with van der Waals surface area (Å²) in [6.07, 6.45) is 1.95. The van der Waals surface area contributed by atoms with E-state index in [-0.39, 0.29) is 34.5 Å². The fourth-order valence-electron chi connectivity index (χ4n) is 5.10. The van der Waals surface area contributed by atoms with Crippen molar-refractivity contribution in [3.05, 3.63) is 40.2 Å². The number of nitrogens with one attached hydrogen (secondary N) is 2. The van der Waals surface area contributed by atoms with E-state index in [9.17, 15) is 4.79 Å². The summed E-state index contributed by atoms with van der Waals surface area (Å²) in [6, 6.07) is 1.95. The number of aromatic nitrogens is 3. The number of carbonyl (C=O) groups is 1. The molecule has 192 valence electrons. The Labute approximate surface area is 211 Å². The van der Waals surface area contributed by atoms with E-state index in [1.165, 1.54) is 6.07 Å². The summed E-state index contributed by atoms with van der Waals surface area (Å²) < 4.78 is 36.4. The molecule has 3 aromatic heterocycles. The number of nitrogens with zero attached hydrogens (tertiary/aromatic N) is 4. The fourth-order valence-corrected chi connectivity index (χ4v) is 6.10. The predicted octanol–water partition coefficient (Wildman–Crippen LogP) is 2.48. The van der Waals surface area contributed by atoms with Gasteiger partial charge in [0.2, 0.25) is 0 Å². The van der Waals surface area contributed by atoms with Crippen LogP contribution in [0.1, 0.15) is 33.0 Å². The van der Waals surface area contributed by atoms with Crippen molar-refractivity contribution in [3.8, 4) is 0 Å². The van der Waals surface area contributed by atoms with Gasteiger partial charge < -0.3 is 26.0 Å². The molecule has 1 amide bonds. The Kier molecular flexibility index (Phi) is 6.52. The molecular weight excluding hydrogens is 488 g/mol. The molecular formula is C24H29F2N7O2S. The van der Waals surface area contributed by atoms with Gasteiger partial charge in [-0.2, -0.15) is 8.78 Å². The number of nitrogen functional groups attached to an aromatic ring is 1. The maximum atomic E-state index is 15.5. The zero-order chi connectivity index (χ0) is 25.6. The monoisotopic (exact) mass is 517 g/mol. The molecule has 0 spiro atoms. The van der Waals surface area contributed by atoms with Gasteiger partial charge in [-0.15, -0.1) is 11.3 Å². The number of methoxy groups -OCH3 is 1. The Morgan fingerprint density at radius 3 is 2.89 bits per heavy atom. The van der Waals surface area contributed by atoms with Crippen LogP contribution in [0.5, 0.6) is 0 Å². The Bertz CT molecular complexity index is 1300. The number of nitrogens with two attached hydrogens (primary N) is 1. The molecule has 0 radical (unpaired) electrons. The van der Waals surface area contributed by atoms with E-state index in [0.29, 0.717) is 40.6 Å². The largest absolute Gasteiger partial charge is 0.396 e. The highest BCUT2D eigenvalue weighted by molar-refractivity contribution is 7.21. The van der Waals surface area contributed by atoms with E-state index in [1.54, 1.807) is 26.3 Å². The first-order chi connectivity index (χ1) is 17.2. The molecule has 3 atom stereocenters. The smallest absolute Gasteiger partial charge is 0.294 e. The number of anilines is 2. The summed E-state index contributed by atoms with van der Waals surface area (Å²) in [5.74, 6) is -2.95. The van der Waals surface area contributed by atoms with Crippen molar-refractivity contribution in [1.29, 1.82) is 0 Å². The quantitative estimate of drug-likeness (QED) is 0.457. The Balaban J connectivity index is 1.34. The van der Waals surface area contributed by atoms with Crippen LogP contribution in [0.3, 0.4) is 0 Å². The van der Waals surface area contributed by atoms with E-state index < -0.39 is 17.9 Å². The molecule has 4 heterocycles. The average molecular weight is 518 g/mol. The molecule has 0 aromatic carbocycles. The van der Waals surface area contributed by atoms with Crippen LogP contribution in [0.2, 0.25) is 0 Å². The standard InChI is InChI=1S/C24H29F2N7O2S/c1-12-8-29-20-19(27)21(36-23(20)30-12)22(34)32-17-6-5-15-14(24(17,25)26)4-7-18(31-15)33-9-13(11-35-3)16(10-33)28-2/h4,7-8,13,16-17,28H,5-6,9-11,27H2,1-3H3,(H,32,34). The Morgan fingerprint density at radius 2 is 2.14 bits per heavy atom. The number of thiophene rings is 1. The second-order valence-electron chi connectivity index (χ2n) is 9.38. The molecule has 0 bridgehead atoms. The van der Waals surface area contributed by atoms with Gasteiger partial charge in [0.05, 0.1) is 29.7 Å². The first kappa shape index (κ1) is 24.7. The third-order valence-electron chi connectivity index (χ3n) is 7.01. The molecule has 36 heavy (non-hydrogen) atoms. The molecule has 1 fully saturated rings. The summed E-state index contributed by atoms with van der Waals surface area (Å²) in [5.41, 5.74) is 7.56. The number of amides is 1. The van der Waals surface area contributed by atoms with Crippen LogP contribution in [0, 0.1) is 12.8 Å². The SMILES string of the molecule is CNC1CN(c2ccc3c(n2)CCC(NC(=O)c2sc4nc(C)cnc4c2N)C3(F)F)CC1COC. The van der Waals surface area contributed by atoms with Gasteiger partial charge in [0, 0.05) is 43.9 Å². The number of hydrogen-bond acceptors (Lipinski definition) is 9. The van der Waals surface area contributed by atoms with Crippen molar-refractivity contribution < 1.29 is 18.3 Å². The molecule has 5 rings (SSSR count). The second kappa shape index (κ2) is 9.49. The van der Waals surface area contributed by atoms with E-state index in [0.717, 1.165) is 24.4 Å². The number of hydrogen-bond donors (Lipinski definition) is 3. The van der Waals surface area contributed by atoms with Crippen molar-refractivity contribution in [3.63, 3.8) is 0 Å². The predicted molar refractivity (Wildman–Crippen MR) is 135 cm³/mol. The number of ether oxygens (including phenoxy) is 1. The number of aryl methyl sites for hydroxylation is 2. The summed E-state index contributed by atoms with van der Waals surface area (Å²) in [4.78, 5) is 28.9. The maximum Gasteiger partial charge on any atom is 0.294 e. The lowest BCUT2D eigenvalue weighted by Gasteiger charge is -2.33. The average Bonchev–Trinajstić information content (AvgIpc) is 3.41. The Hall–Kier alpha value is -2.96. The molecule has 3 unspecified atom stereocenters. The topological polar surface area (TPSA) is 118 Å². The van der Waals surface area contributed by atoms with E-state index in [1.807, 2.05) is 7.05 Å². The van der Waals surface area contributed by atoms with Gasteiger partial charge in [-0.05, 0) is 38.9 Å². The minimum Gasteiger partial charge on any atom is -0.396 e. The van der Waals surface area contributed by atoms with Crippen LogP contribution in [0.25, 0.3) is 10.3 Å². The van der Waals surface area contributed by atoms with Crippen molar-refractivity contribution in [2.45, 2.75) is 37.8 Å². The van der Waals surface area contributed by atoms with Crippen molar-refractivity contribution in [2.24, 2.45) is 5.92 Å². The summed E-state index contributed by atoms with van der Waals surface area (Å²) >= 11 is 1.05. The van der Waals surface area contributed by atoms with Crippen LogP contribution in [0.15, 0.2) is 18.3 Å². The summed E-state index contributed by atoms with van der Waals surface area (Å²) in [6.45, 7) is 3.86. The lowest BCUT2D eigenvalue weighted by atomic mass is 9.88. The zero-order valence-electron chi connectivity index (χ0n) is 20.3. The molecule has 4 N–H and O–H groups in total. The second-order valence-corrected chi connectivity index (χ2v) is 10.4. The number of fused-ring (bicyclic) bond motifs is 2. The third kappa shape index (κ3) is 4.27. The first-order valence-corrected chi connectivity index (χ1v) is 12.7. The molecule has 12 heteroatoms. The minimum absolute atomic E-state index is 0.0635. The number of pyridine rings is 1. The normalized spacial score (nSPS) is 23.1. The number of likely N-dealkylation sites (N-methyl/N-ethyl adjacent to an activating group) is 1. The summed E-state index contributed by atoms with van der Waals surface area (Å²) in [5, 5.41) is 5.81. The van der Waals surface area contributed by atoms with Gasteiger partial charge >= 0.3 is 0 Å². The van der Waals surface area contributed by atoms with Crippen LogP contribution in [-0.4, -0.2) is 66.8 Å². The highest BCUT2D eigenvalue weighted by Gasteiger charge is 2.47. The van der Waals surface area contributed by atoms with Gasteiger partial charge in [0.25, 0.3) is 11.8 Å². The highest BCUT2D eigenvalue weighted by atomic mass is 32.1. The molecule has 1 aliphatic heterocycles. The zero-order valence-corrected chi connectivity index (χ0v) is 21.2. The maximum absolute atomic E-state index is 15.5.